The molecule has 0 spiro atoms. The zero-order valence-corrected chi connectivity index (χ0v) is 19.6. The average molecular weight is 480 g/mol. The number of nitrogens with zero attached hydrogens (tertiary/aromatic N) is 3. The first-order valence-corrected chi connectivity index (χ1v) is 11.6. The lowest BCUT2D eigenvalue weighted by molar-refractivity contribution is -0.119. The van der Waals surface area contributed by atoms with Crippen molar-refractivity contribution in [2.45, 2.75) is 38.0 Å². The largest absolute Gasteiger partial charge is 0.284 e. The molecule has 4 rings (SSSR count). The molecular weight excluding hydrogens is 455 g/mol. The molecular formula is C23H25Cl3N4O. The second kappa shape index (κ2) is 9.37. The monoisotopic (exact) mass is 478 g/mol. The third-order valence-corrected chi connectivity index (χ3v) is 6.75. The van der Waals surface area contributed by atoms with Crippen LogP contribution in [0.4, 0.5) is 5.69 Å². The fraction of sp³-hybridized carbons (Fsp3) is 0.391. The van der Waals surface area contributed by atoms with Crippen LogP contribution in [0.5, 0.6) is 0 Å². The predicted molar refractivity (Wildman–Crippen MR) is 128 cm³/mol. The highest BCUT2D eigenvalue weighted by Crippen LogP contribution is 2.38. The first-order valence-electron chi connectivity index (χ1n) is 10.5. The number of halogens is 3. The molecule has 1 unspecified atom stereocenters. The van der Waals surface area contributed by atoms with Crippen molar-refractivity contribution in [2.24, 2.45) is 5.10 Å². The van der Waals surface area contributed by atoms with E-state index >= 15 is 0 Å². The van der Waals surface area contributed by atoms with Gasteiger partial charge in [0.05, 0.1) is 22.7 Å². The highest BCUT2D eigenvalue weighted by molar-refractivity contribution is 6.43. The number of carbonyl (C=O) groups is 1. The normalized spacial score (nSPS) is 22.2. The van der Waals surface area contributed by atoms with Gasteiger partial charge in [0, 0.05) is 23.1 Å². The van der Waals surface area contributed by atoms with E-state index in [9.17, 15) is 4.79 Å². The van der Waals surface area contributed by atoms with E-state index in [2.05, 4.69) is 5.43 Å². The lowest BCUT2D eigenvalue weighted by Gasteiger charge is -2.28. The molecule has 2 heterocycles. The van der Waals surface area contributed by atoms with Gasteiger partial charge in [-0.15, -0.1) is 0 Å². The van der Waals surface area contributed by atoms with Crippen LogP contribution in [-0.4, -0.2) is 36.3 Å². The number of benzene rings is 2. The molecule has 1 amide bonds. The summed E-state index contributed by atoms with van der Waals surface area (Å²) in [6, 6.07) is 12.9. The van der Waals surface area contributed by atoms with Crippen LogP contribution in [0.25, 0.3) is 0 Å². The number of amides is 1. The third-order valence-electron chi connectivity index (χ3n) is 5.96. The van der Waals surface area contributed by atoms with Gasteiger partial charge in [-0.25, -0.2) is 5.01 Å². The third kappa shape index (κ3) is 4.85. The van der Waals surface area contributed by atoms with Crippen molar-refractivity contribution in [3.8, 4) is 0 Å². The Balaban J connectivity index is 1.68. The zero-order valence-electron chi connectivity index (χ0n) is 17.4. The number of nitrogens with one attached hydrogen (secondary N) is 1. The predicted octanol–water partition coefficient (Wildman–Crippen LogP) is 5.69. The number of rotatable bonds is 4. The van der Waals surface area contributed by atoms with Crippen molar-refractivity contribution in [3.05, 3.63) is 63.1 Å². The molecule has 1 saturated heterocycles. The number of hydrazine groups is 1. The molecule has 0 radical (unpaired) electrons. The van der Waals surface area contributed by atoms with Gasteiger partial charge in [0.2, 0.25) is 0 Å². The van der Waals surface area contributed by atoms with Gasteiger partial charge >= 0.3 is 0 Å². The molecule has 1 atom stereocenters. The first-order chi connectivity index (χ1) is 14.9. The Morgan fingerprint density at radius 2 is 1.61 bits per heavy atom. The molecule has 164 valence electrons. The molecule has 2 aromatic carbocycles. The number of hydrazone groups is 1. The zero-order chi connectivity index (χ0) is 22.0. The molecule has 2 aliphatic rings. The average Bonchev–Trinajstić information content (AvgIpc) is 2.90. The van der Waals surface area contributed by atoms with Crippen LogP contribution in [0.1, 0.15) is 38.2 Å². The summed E-state index contributed by atoms with van der Waals surface area (Å²) in [6.07, 6.45) is 4.54. The van der Waals surface area contributed by atoms with E-state index in [1.807, 2.05) is 42.3 Å². The SMILES string of the molecule is CC1(c2ccc(Cl)cc2)CN(c2ccc(Cl)cc2Cl)N=C1C(=O)NN1CCCCCC1. The van der Waals surface area contributed by atoms with Crippen LogP contribution in [0.2, 0.25) is 15.1 Å². The van der Waals surface area contributed by atoms with E-state index < -0.39 is 5.41 Å². The lowest BCUT2D eigenvalue weighted by atomic mass is 9.78. The van der Waals surface area contributed by atoms with E-state index in [-0.39, 0.29) is 5.91 Å². The van der Waals surface area contributed by atoms with Gasteiger partial charge < -0.3 is 0 Å². The fourth-order valence-corrected chi connectivity index (χ4v) is 4.82. The van der Waals surface area contributed by atoms with E-state index in [1.165, 1.54) is 12.8 Å². The summed E-state index contributed by atoms with van der Waals surface area (Å²) in [4.78, 5) is 13.4. The van der Waals surface area contributed by atoms with Gasteiger partial charge in [0.25, 0.3) is 5.91 Å². The minimum atomic E-state index is -0.635. The Morgan fingerprint density at radius 1 is 0.968 bits per heavy atom. The summed E-state index contributed by atoms with van der Waals surface area (Å²) in [5, 5.41) is 10.2. The molecule has 0 saturated carbocycles. The maximum Gasteiger partial charge on any atom is 0.282 e. The van der Waals surface area contributed by atoms with Gasteiger partial charge in [0.15, 0.2) is 0 Å². The Bertz CT molecular complexity index is 987. The Labute approximate surface area is 197 Å². The topological polar surface area (TPSA) is 47.9 Å². The maximum atomic E-state index is 13.4. The number of anilines is 1. The Kier molecular flexibility index (Phi) is 6.77. The van der Waals surface area contributed by atoms with E-state index in [0.717, 1.165) is 31.5 Å². The first kappa shape index (κ1) is 22.4. The second-order valence-corrected chi connectivity index (χ2v) is 9.56. The lowest BCUT2D eigenvalue weighted by Crippen LogP contribution is -2.50. The Hall–Kier alpha value is -1.79. The quantitative estimate of drug-likeness (QED) is 0.613. The summed E-state index contributed by atoms with van der Waals surface area (Å²) >= 11 is 18.6. The van der Waals surface area contributed by atoms with Crippen LogP contribution in [0.15, 0.2) is 47.6 Å². The van der Waals surface area contributed by atoms with Crippen molar-refractivity contribution in [3.63, 3.8) is 0 Å². The standard InChI is InChI=1S/C23H25Cl3N4O/c1-23(16-6-8-17(24)9-7-16)15-30(20-11-10-18(25)14-19(20)26)27-21(23)22(31)28-29-12-4-2-3-5-13-29/h6-11,14H,2-5,12-13,15H2,1H3,(H,28,31). The molecule has 0 bridgehead atoms. The molecule has 0 aliphatic carbocycles. The molecule has 2 aliphatic heterocycles. The van der Waals surface area contributed by atoms with Gasteiger partial charge in [0.1, 0.15) is 5.71 Å². The summed E-state index contributed by atoms with van der Waals surface area (Å²) < 4.78 is 0. The van der Waals surface area contributed by atoms with Gasteiger partial charge in [-0.3, -0.25) is 15.2 Å². The summed E-state index contributed by atoms with van der Waals surface area (Å²) in [6.45, 7) is 4.20. The van der Waals surface area contributed by atoms with E-state index in [1.54, 1.807) is 17.1 Å². The van der Waals surface area contributed by atoms with Crippen molar-refractivity contribution in [2.75, 3.05) is 24.6 Å². The molecule has 5 nitrogen and oxygen atoms in total. The molecule has 8 heteroatoms. The van der Waals surface area contributed by atoms with Crippen LogP contribution in [0, 0.1) is 0 Å². The van der Waals surface area contributed by atoms with E-state index in [4.69, 9.17) is 39.9 Å². The molecule has 2 aromatic rings. The highest BCUT2D eigenvalue weighted by Gasteiger charge is 2.45. The summed E-state index contributed by atoms with van der Waals surface area (Å²) in [5.74, 6) is -0.188. The highest BCUT2D eigenvalue weighted by atomic mass is 35.5. The van der Waals surface area contributed by atoms with Gasteiger partial charge in [-0.05, 0) is 55.7 Å². The number of hydrogen-bond donors (Lipinski definition) is 1. The molecule has 1 fully saturated rings. The van der Waals surface area contributed by atoms with Crippen LogP contribution in [-0.2, 0) is 10.2 Å². The van der Waals surface area contributed by atoms with Gasteiger partial charge in [-0.2, -0.15) is 5.10 Å². The van der Waals surface area contributed by atoms with Crippen LogP contribution in [0.3, 0.4) is 0 Å². The minimum absolute atomic E-state index is 0.188. The summed E-state index contributed by atoms with van der Waals surface area (Å²) in [5.41, 5.74) is 4.58. The van der Waals surface area contributed by atoms with Gasteiger partial charge in [-0.1, -0.05) is 59.8 Å². The fourth-order valence-electron chi connectivity index (χ4n) is 4.19. The smallest absolute Gasteiger partial charge is 0.282 e. The van der Waals surface area contributed by atoms with Crippen molar-refractivity contribution < 1.29 is 4.79 Å². The Morgan fingerprint density at radius 3 is 2.26 bits per heavy atom. The molecule has 0 aromatic heterocycles. The van der Waals surface area contributed by atoms with Crippen molar-refractivity contribution in [1.29, 1.82) is 0 Å². The number of hydrogen-bond acceptors (Lipinski definition) is 4. The second-order valence-electron chi connectivity index (χ2n) is 8.28. The molecule has 31 heavy (non-hydrogen) atoms. The maximum absolute atomic E-state index is 13.4. The van der Waals surface area contributed by atoms with E-state index in [0.29, 0.717) is 33.0 Å². The van der Waals surface area contributed by atoms with Crippen LogP contribution < -0.4 is 10.4 Å². The van der Waals surface area contributed by atoms with Crippen molar-refractivity contribution in [1.82, 2.24) is 10.4 Å². The molecule has 1 N–H and O–H groups in total. The van der Waals surface area contributed by atoms with Crippen molar-refractivity contribution >= 4 is 52.1 Å². The number of carbonyl (C=O) groups excluding carboxylic acids is 1. The minimum Gasteiger partial charge on any atom is -0.284 e. The van der Waals surface area contributed by atoms with Crippen LogP contribution >= 0.6 is 34.8 Å². The summed E-state index contributed by atoms with van der Waals surface area (Å²) in [7, 11) is 0.